The van der Waals surface area contributed by atoms with Crippen molar-refractivity contribution in [2.75, 3.05) is 23.7 Å². The molecule has 0 unspecified atom stereocenters. The van der Waals surface area contributed by atoms with Gasteiger partial charge in [-0.05, 0) is 61.7 Å². The Balaban J connectivity index is 1.53. The van der Waals surface area contributed by atoms with Crippen molar-refractivity contribution >= 4 is 39.2 Å². The Hall–Kier alpha value is -3.44. The zero-order valence-corrected chi connectivity index (χ0v) is 19.9. The van der Waals surface area contributed by atoms with Gasteiger partial charge in [-0.15, -0.1) is 0 Å². The van der Waals surface area contributed by atoms with E-state index in [1.807, 2.05) is 0 Å². The molecule has 0 radical (unpaired) electrons. The largest absolute Gasteiger partial charge is 0.351 e. The van der Waals surface area contributed by atoms with Gasteiger partial charge in [0.25, 0.3) is 0 Å². The van der Waals surface area contributed by atoms with E-state index in [0.717, 1.165) is 31.5 Å². The molecule has 182 valence electrons. The monoisotopic (exact) mass is 487 g/mol. The predicted octanol–water partition coefficient (Wildman–Crippen LogP) is 2.26. The normalized spacial score (nSPS) is 14.4. The molecule has 3 rings (SSSR count). The number of urea groups is 1. The lowest BCUT2D eigenvalue weighted by Crippen LogP contribution is -2.44. The summed E-state index contributed by atoms with van der Waals surface area (Å²) < 4.78 is 27.5. The van der Waals surface area contributed by atoms with Gasteiger partial charge in [0.1, 0.15) is 0 Å². The van der Waals surface area contributed by atoms with Crippen LogP contribution in [0.2, 0.25) is 0 Å². The van der Waals surface area contributed by atoms with Crippen molar-refractivity contribution in [1.82, 2.24) is 14.9 Å². The van der Waals surface area contributed by atoms with Crippen LogP contribution < -0.4 is 20.7 Å². The van der Waals surface area contributed by atoms with Crippen molar-refractivity contribution < 1.29 is 22.8 Å². The molecule has 2 aromatic carbocycles. The Kier molecular flexibility index (Phi) is 8.24. The molecule has 10 nitrogen and oxygen atoms in total. The first-order chi connectivity index (χ1) is 16.1. The molecule has 1 fully saturated rings. The fourth-order valence-corrected chi connectivity index (χ4v) is 4.70. The van der Waals surface area contributed by atoms with E-state index >= 15 is 0 Å². The zero-order valence-electron chi connectivity index (χ0n) is 19.1. The Morgan fingerprint density at radius 3 is 2.29 bits per heavy atom. The molecule has 0 aliphatic carbocycles. The number of hydrogen-bond acceptors (Lipinski definition) is 5. The molecule has 1 aliphatic heterocycles. The van der Waals surface area contributed by atoms with E-state index in [-0.39, 0.29) is 23.4 Å². The molecule has 0 bridgehead atoms. The van der Waals surface area contributed by atoms with Gasteiger partial charge in [0, 0.05) is 37.9 Å². The van der Waals surface area contributed by atoms with Crippen LogP contribution in [0, 0.1) is 0 Å². The maximum atomic E-state index is 12.6. The quantitative estimate of drug-likeness (QED) is 0.453. The minimum absolute atomic E-state index is 0.0253. The summed E-state index contributed by atoms with van der Waals surface area (Å²) in [6, 6.07) is 11.6. The minimum atomic E-state index is -3.94. The van der Waals surface area contributed by atoms with Gasteiger partial charge < -0.3 is 20.9 Å². The number of carbonyl (C=O) groups excluding carboxylic acids is 3. The summed E-state index contributed by atoms with van der Waals surface area (Å²) in [5.41, 5.74) is 1.85. The summed E-state index contributed by atoms with van der Waals surface area (Å²) in [5.74, 6) is -0.761. The van der Waals surface area contributed by atoms with Crippen molar-refractivity contribution in [2.45, 2.75) is 44.2 Å². The highest BCUT2D eigenvalue weighted by molar-refractivity contribution is 7.89. The van der Waals surface area contributed by atoms with Crippen LogP contribution >= 0.6 is 0 Å². The Morgan fingerprint density at radius 2 is 1.65 bits per heavy atom. The van der Waals surface area contributed by atoms with E-state index in [1.54, 1.807) is 29.2 Å². The van der Waals surface area contributed by atoms with Crippen LogP contribution in [-0.2, 0) is 26.2 Å². The smallest absolute Gasteiger partial charge is 0.321 e. The third-order valence-corrected chi connectivity index (χ3v) is 6.81. The van der Waals surface area contributed by atoms with Crippen molar-refractivity contribution in [2.24, 2.45) is 0 Å². The average Bonchev–Trinajstić information content (AvgIpc) is 3.32. The predicted molar refractivity (Wildman–Crippen MR) is 129 cm³/mol. The second-order valence-corrected chi connectivity index (χ2v) is 9.81. The molecule has 4 N–H and O–H groups in total. The van der Waals surface area contributed by atoms with Crippen molar-refractivity contribution in [1.29, 1.82) is 0 Å². The molecule has 2 aromatic rings. The molecule has 1 atom stereocenters. The van der Waals surface area contributed by atoms with E-state index < -0.39 is 22.0 Å². The van der Waals surface area contributed by atoms with Crippen molar-refractivity contribution in [3.63, 3.8) is 0 Å². The molecule has 11 heteroatoms. The van der Waals surface area contributed by atoms with Gasteiger partial charge in [0.05, 0.1) is 10.9 Å². The van der Waals surface area contributed by atoms with Crippen LogP contribution in [0.25, 0.3) is 0 Å². The first-order valence-corrected chi connectivity index (χ1v) is 12.4. The Labute approximate surface area is 199 Å². The number of nitrogens with zero attached hydrogens (tertiary/aromatic N) is 1. The van der Waals surface area contributed by atoms with Gasteiger partial charge in [0.15, 0.2) is 0 Å². The molecular weight excluding hydrogens is 458 g/mol. The SMILES string of the molecule is CC(=O)Nc1ccc(S(=O)(=O)N[C@@H](C)C(=O)NCc2cccc(NC(=O)N3CCCC3)c2)cc1. The molecule has 1 saturated heterocycles. The number of sulfonamides is 1. The molecular formula is C23H29N5O5S. The lowest BCUT2D eigenvalue weighted by molar-refractivity contribution is -0.122. The summed E-state index contributed by atoms with van der Waals surface area (Å²) in [6.07, 6.45) is 2.01. The van der Waals surface area contributed by atoms with Gasteiger partial charge in [-0.25, -0.2) is 13.2 Å². The average molecular weight is 488 g/mol. The standard InChI is InChI=1S/C23H29N5O5S/c1-16(27-34(32,33)21-10-8-19(9-11-21)25-17(2)29)22(30)24-15-18-6-5-7-20(14-18)26-23(31)28-12-3-4-13-28/h5-11,14,16,27H,3-4,12-13,15H2,1-2H3,(H,24,30)(H,25,29)(H,26,31)/t16-/m0/s1. The summed E-state index contributed by atoms with van der Waals surface area (Å²) in [5, 5.41) is 8.12. The summed E-state index contributed by atoms with van der Waals surface area (Å²) in [7, 11) is -3.94. The number of anilines is 2. The maximum absolute atomic E-state index is 12.6. The van der Waals surface area contributed by atoms with E-state index in [2.05, 4.69) is 20.7 Å². The summed E-state index contributed by atoms with van der Waals surface area (Å²) >= 11 is 0. The summed E-state index contributed by atoms with van der Waals surface area (Å²) in [6.45, 7) is 4.46. The van der Waals surface area contributed by atoms with Gasteiger partial charge >= 0.3 is 6.03 Å². The number of amides is 4. The third kappa shape index (κ3) is 7.03. The molecule has 34 heavy (non-hydrogen) atoms. The zero-order chi connectivity index (χ0) is 24.7. The van der Waals surface area contributed by atoms with Gasteiger partial charge in [-0.2, -0.15) is 4.72 Å². The fraction of sp³-hybridized carbons (Fsp3) is 0.348. The van der Waals surface area contributed by atoms with Crippen LogP contribution in [0.3, 0.4) is 0 Å². The van der Waals surface area contributed by atoms with Crippen LogP contribution in [-0.4, -0.2) is 50.3 Å². The first kappa shape index (κ1) is 25.2. The molecule has 4 amide bonds. The summed E-state index contributed by atoms with van der Waals surface area (Å²) in [4.78, 5) is 37.6. The topological polar surface area (TPSA) is 137 Å². The number of benzene rings is 2. The fourth-order valence-electron chi connectivity index (χ4n) is 3.50. The number of nitrogens with one attached hydrogen (secondary N) is 4. The highest BCUT2D eigenvalue weighted by Crippen LogP contribution is 2.16. The van der Waals surface area contributed by atoms with E-state index in [4.69, 9.17) is 0 Å². The second kappa shape index (κ2) is 11.1. The third-order valence-electron chi connectivity index (χ3n) is 5.25. The van der Waals surface area contributed by atoms with Gasteiger partial charge in [-0.1, -0.05) is 12.1 Å². The Bertz CT molecular complexity index is 1140. The molecule has 0 saturated carbocycles. The van der Waals surface area contributed by atoms with Crippen LogP contribution in [0.4, 0.5) is 16.2 Å². The highest BCUT2D eigenvalue weighted by atomic mass is 32.2. The van der Waals surface area contributed by atoms with Crippen LogP contribution in [0.15, 0.2) is 53.4 Å². The molecule has 1 heterocycles. The van der Waals surface area contributed by atoms with Crippen molar-refractivity contribution in [3.8, 4) is 0 Å². The van der Waals surface area contributed by atoms with Crippen LogP contribution in [0.5, 0.6) is 0 Å². The lowest BCUT2D eigenvalue weighted by atomic mass is 10.2. The molecule has 0 aromatic heterocycles. The van der Waals surface area contributed by atoms with Gasteiger partial charge in [0.2, 0.25) is 21.8 Å². The molecule has 0 spiro atoms. The highest BCUT2D eigenvalue weighted by Gasteiger charge is 2.22. The van der Waals surface area contributed by atoms with E-state index in [1.165, 1.54) is 38.1 Å². The van der Waals surface area contributed by atoms with Crippen LogP contribution in [0.1, 0.15) is 32.3 Å². The maximum Gasteiger partial charge on any atom is 0.321 e. The number of hydrogen-bond donors (Lipinski definition) is 4. The number of carbonyl (C=O) groups is 3. The lowest BCUT2D eigenvalue weighted by Gasteiger charge is -2.17. The second-order valence-electron chi connectivity index (χ2n) is 8.09. The van der Waals surface area contributed by atoms with Crippen molar-refractivity contribution in [3.05, 3.63) is 54.1 Å². The van der Waals surface area contributed by atoms with E-state index in [0.29, 0.717) is 11.4 Å². The van der Waals surface area contributed by atoms with Gasteiger partial charge in [-0.3, -0.25) is 9.59 Å². The Morgan fingerprint density at radius 1 is 0.971 bits per heavy atom. The van der Waals surface area contributed by atoms with E-state index in [9.17, 15) is 22.8 Å². The number of likely N-dealkylation sites (tertiary alicyclic amines) is 1. The minimum Gasteiger partial charge on any atom is -0.351 e. The molecule has 1 aliphatic rings. The number of rotatable bonds is 8. The first-order valence-electron chi connectivity index (χ1n) is 11.0.